The molecule has 0 radical (unpaired) electrons. The summed E-state index contributed by atoms with van der Waals surface area (Å²) in [5, 5.41) is 8.64. The Morgan fingerprint density at radius 2 is 1.89 bits per heavy atom. The Labute approximate surface area is 106 Å². The molecule has 3 N–H and O–H groups in total. The fourth-order valence-electron chi connectivity index (χ4n) is 1.64. The maximum atomic E-state index is 10.9. The van der Waals surface area contributed by atoms with Gasteiger partial charge in [-0.2, -0.15) is 0 Å². The number of amides is 1. The van der Waals surface area contributed by atoms with Crippen LogP contribution in [0.3, 0.4) is 0 Å². The second-order valence-electron chi connectivity index (χ2n) is 4.07. The minimum atomic E-state index is -0.794. The zero-order chi connectivity index (χ0) is 13.5. The molecule has 0 saturated heterocycles. The van der Waals surface area contributed by atoms with Gasteiger partial charge in [0.05, 0.1) is 6.42 Å². The van der Waals surface area contributed by atoms with Gasteiger partial charge in [-0.05, 0) is 24.2 Å². The van der Waals surface area contributed by atoms with Crippen molar-refractivity contribution in [2.75, 3.05) is 13.1 Å². The summed E-state index contributed by atoms with van der Waals surface area (Å²) in [6, 6.07) is 7.04. The second-order valence-corrected chi connectivity index (χ2v) is 4.07. The van der Waals surface area contributed by atoms with Crippen LogP contribution in [0.4, 0.5) is 0 Å². The highest BCUT2D eigenvalue weighted by Crippen LogP contribution is 2.07. The highest BCUT2D eigenvalue weighted by molar-refractivity contribution is 5.92. The number of aliphatic carboxylic acids is 1. The van der Waals surface area contributed by atoms with Crippen molar-refractivity contribution in [3.05, 3.63) is 35.4 Å². The van der Waals surface area contributed by atoms with Crippen LogP contribution in [-0.2, 0) is 11.3 Å². The molecule has 0 aliphatic heterocycles. The molecule has 0 heterocycles. The zero-order valence-corrected chi connectivity index (χ0v) is 10.4. The number of carboxylic acids is 1. The number of carbonyl (C=O) groups excluding carboxylic acids is 1. The molecular weight excluding hydrogens is 232 g/mol. The third-order valence-electron chi connectivity index (χ3n) is 2.73. The van der Waals surface area contributed by atoms with Crippen molar-refractivity contribution >= 4 is 11.9 Å². The first-order valence-corrected chi connectivity index (χ1v) is 5.85. The standard InChI is InChI=1S/C13H18N2O3/c1-2-15(8-7-12(16)17)9-10-3-5-11(6-4-10)13(14)18/h3-6H,2,7-9H2,1H3,(H2,14,18)(H,16,17). The molecule has 5 heteroatoms. The molecule has 0 aliphatic rings. The Balaban J connectivity index is 2.58. The number of rotatable bonds is 7. The normalized spacial score (nSPS) is 10.6. The molecule has 1 aromatic rings. The molecule has 1 rings (SSSR count). The predicted molar refractivity (Wildman–Crippen MR) is 68.2 cm³/mol. The Kier molecular flexibility index (Phi) is 5.32. The lowest BCUT2D eigenvalue weighted by molar-refractivity contribution is -0.137. The maximum absolute atomic E-state index is 10.9. The van der Waals surface area contributed by atoms with E-state index < -0.39 is 11.9 Å². The number of nitrogens with two attached hydrogens (primary N) is 1. The molecule has 98 valence electrons. The summed E-state index contributed by atoms with van der Waals surface area (Å²) in [7, 11) is 0. The van der Waals surface area contributed by atoms with Crippen LogP contribution in [0.25, 0.3) is 0 Å². The molecule has 5 nitrogen and oxygen atoms in total. The lowest BCUT2D eigenvalue weighted by Crippen LogP contribution is -2.25. The van der Waals surface area contributed by atoms with Gasteiger partial charge in [0.2, 0.25) is 5.91 Å². The highest BCUT2D eigenvalue weighted by Gasteiger charge is 2.07. The molecule has 0 bridgehead atoms. The van der Waals surface area contributed by atoms with E-state index in [1.54, 1.807) is 12.1 Å². The van der Waals surface area contributed by atoms with E-state index in [1.165, 1.54) is 0 Å². The highest BCUT2D eigenvalue weighted by atomic mass is 16.4. The molecule has 0 aromatic heterocycles. The van der Waals surface area contributed by atoms with Crippen molar-refractivity contribution in [3.8, 4) is 0 Å². The fourth-order valence-corrected chi connectivity index (χ4v) is 1.64. The maximum Gasteiger partial charge on any atom is 0.304 e. The molecule has 0 aliphatic carbocycles. The van der Waals surface area contributed by atoms with E-state index >= 15 is 0 Å². The lowest BCUT2D eigenvalue weighted by Gasteiger charge is -2.19. The molecule has 0 unspecified atom stereocenters. The van der Waals surface area contributed by atoms with Crippen LogP contribution in [-0.4, -0.2) is 35.0 Å². The molecule has 18 heavy (non-hydrogen) atoms. The second kappa shape index (κ2) is 6.76. The van der Waals surface area contributed by atoms with Crippen LogP contribution in [0.2, 0.25) is 0 Å². The fraction of sp³-hybridized carbons (Fsp3) is 0.385. The summed E-state index contributed by atoms with van der Waals surface area (Å²) in [4.78, 5) is 23.5. The summed E-state index contributed by atoms with van der Waals surface area (Å²) in [5.41, 5.74) is 6.67. The van der Waals surface area contributed by atoms with E-state index in [-0.39, 0.29) is 6.42 Å². The number of carbonyl (C=O) groups is 2. The van der Waals surface area contributed by atoms with Crippen molar-refractivity contribution < 1.29 is 14.7 Å². The smallest absolute Gasteiger partial charge is 0.304 e. The van der Waals surface area contributed by atoms with Crippen LogP contribution in [0.1, 0.15) is 29.3 Å². The number of hydrogen-bond donors (Lipinski definition) is 2. The minimum Gasteiger partial charge on any atom is -0.481 e. The number of primary amides is 1. The molecule has 0 saturated carbocycles. The predicted octanol–water partition coefficient (Wildman–Crippen LogP) is 1.08. The average Bonchev–Trinajstić information content (AvgIpc) is 2.34. The Morgan fingerprint density at radius 3 is 2.33 bits per heavy atom. The number of nitrogens with zero attached hydrogens (tertiary/aromatic N) is 1. The van der Waals surface area contributed by atoms with Gasteiger partial charge in [0.15, 0.2) is 0 Å². The van der Waals surface area contributed by atoms with Crippen LogP contribution in [0.5, 0.6) is 0 Å². The van der Waals surface area contributed by atoms with Gasteiger partial charge in [0, 0.05) is 18.7 Å². The van der Waals surface area contributed by atoms with Crippen LogP contribution in [0, 0.1) is 0 Å². The van der Waals surface area contributed by atoms with Gasteiger partial charge in [0.25, 0.3) is 0 Å². The summed E-state index contributed by atoms with van der Waals surface area (Å²) >= 11 is 0. The van der Waals surface area contributed by atoms with E-state index in [0.29, 0.717) is 18.7 Å². The zero-order valence-electron chi connectivity index (χ0n) is 10.4. The summed E-state index contributed by atoms with van der Waals surface area (Å²) < 4.78 is 0. The van der Waals surface area contributed by atoms with Crippen molar-refractivity contribution in [3.63, 3.8) is 0 Å². The minimum absolute atomic E-state index is 0.132. The summed E-state index contributed by atoms with van der Waals surface area (Å²) in [6.45, 7) is 3.96. The van der Waals surface area contributed by atoms with Gasteiger partial charge in [-0.3, -0.25) is 14.5 Å². The monoisotopic (exact) mass is 250 g/mol. The lowest BCUT2D eigenvalue weighted by atomic mass is 10.1. The van der Waals surface area contributed by atoms with Crippen LogP contribution in [0.15, 0.2) is 24.3 Å². The largest absolute Gasteiger partial charge is 0.481 e. The van der Waals surface area contributed by atoms with E-state index in [1.807, 2.05) is 24.0 Å². The first-order chi connectivity index (χ1) is 8.52. The third-order valence-corrected chi connectivity index (χ3v) is 2.73. The van der Waals surface area contributed by atoms with Crippen molar-refractivity contribution in [1.29, 1.82) is 0 Å². The first-order valence-electron chi connectivity index (χ1n) is 5.85. The van der Waals surface area contributed by atoms with E-state index in [4.69, 9.17) is 10.8 Å². The van der Waals surface area contributed by atoms with Gasteiger partial charge in [-0.15, -0.1) is 0 Å². The van der Waals surface area contributed by atoms with Gasteiger partial charge >= 0.3 is 5.97 Å². The average molecular weight is 250 g/mol. The number of benzene rings is 1. The summed E-state index contributed by atoms with van der Waals surface area (Å²) in [5.74, 6) is -1.24. The molecular formula is C13H18N2O3. The van der Waals surface area contributed by atoms with Crippen LogP contribution >= 0.6 is 0 Å². The van der Waals surface area contributed by atoms with E-state index in [2.05, 4.69) is 0 Å². The number of carboxylic acid groups (broad SMARTS) is 1. The molecule has 0 atom stereocenters. The summed E-state index contributed by atoms with van der Waals surface area (Å²) in [6.07, 6.45) is 0.132. The van der Waals surface area contributed by atoms with Gasteiger partial charge in [0.1, 0.15) is 0 Å². The van der Waals surface area contributed by atoms with Gasteiger partial charge in [-0.1, -0.05) is 19.1 Å². The van der Waals surface area contributed by atoms with Crippen molar-refractivity contribution in [2.24, 2.45) is 5.73 Å². The Morgan fingerprint density at radius 1 is 1.28 bits per heavy atom. The molecule has 0 spiro atoms. The SMILES string of the molecule is CCN(CCC(=O)O)Cc1ccc(C(N)=O)cc1. The molecule has 1 aromatic carbocycles. The Bertz CT molecular complexity index is 415. The van der Waals surface area contributed by atoms with Gasteiger partial charge in [-0.25, -0.2) is 0 Å². The first kappa shape index (κ1) is 14.2. The number of hydrogen-bond acceptors (Lipinski definition) is 3. The van der Waals surface area contributed by atoms with Crippen molar-refractivity contribution in [2.45, 2.75) is 19.9 Å². The van der Waals surface area contributed by atoms with Crippen LogP contribution < -0.4 is 5.73 Å². The quantitative estimate of drug-likeness (QED) is 0.758. The third kappa shape index (κ3) is 4.55. The van der Waals surface area contributed by atoms with Crippen molar-refractivity contribution in [1.82, 2.24) is 4.90 Å². The molecule has 0 fully saturated rings. The van der Waals surface area contributed by atoms with E-state index in [9.17, 15) is 9.59 Å². The topological polar surface area (TPSA) is 83.6 Å². The van der Waals surface area contributed by atoms with E-state index in [0.717, 1.165) is 12.1 Å². The molecule has 1 amide bonds. The Hall–Kier alpha value is -1.88. The van der Waals surface area contributed by atoms with Gasteiger partial charge < -0.3 is 10.8 Å².